The zero-order chi connectivity index (χ0) is 14.9. The molecular weight excluding hydrogens is 281 g/mol. The number of nitrogens with one attached hydrogen (secondary N) is 1. The quantitative estimate of drug-likeness (QED) is 0.870. The number of imide groups is 1. The molecule has 20 heavy (non-hydrogen) atoms. The number of benzene rings is 1. The number of hydrogen-bond donors (Lipinski definition) is 1. The largest absolute Gasteiger partial charge is 0.296 e. The van der Waals surface area contributed by atoms with Crippen molar-refractivity contribution in [3.63, 3.8) is 0 Å². The SMILES string of the molecule is CC(C)CC1C(=O)NC(=O)CC1c1cccc(Cl)c1F. The third kappa shape index (κ3) is 3.01. The van der Waals surface area contributed by atoms with E-state index in [1.165, 1.54) is 6.07 Å². The van der Waals surface area contributed by atoms with Gasteiger partial charge < -0.3 is 0 Å². The first-order valence-electron chi connectivity index (χ1n) is 6.67. The molecule has 0 spiro atoms. The third-order valence-corrected chi connectivity index (χ3v) is 3.89. The fraction of sp³-hybridized carbons (Fsp3) is 0.467. The predicted octanol–water partition coefficient (Wildman–Crippen LogP) is 3.27. The van der Waals surface area contributed by atoms with E-state index in [1.807, 2.05) is 13.8 Å². The first kappa shape index (κ1) is 15.0. The van der Waals surface area contributed by atoms with Gasteiger partial charge in [-0.15, -0.1) is 0 Å². The molecular formula is C15H17ClFNO2. The van der Waals surface area contributed by atoms with Crippen LogP contribution in [0.25, 0.3) is 0 Å². The van der Waals surface area contributed by atoms with E-state index >= 15 is 0 Å². The summed E-state index contributed by atoms with van der Waals surface area (Å²) >= 11 is 5.80. The topological polar surface area (TPSA) is 46.2 Å². The zero-order valence-corrected chi connectivity index (χ0v) is 12.2. The van der Waals surface area contributed by atoms with Crippen molar-refractivity contribution in [1.82, 2.24) is 5.32 Å². The summed E-state index contributed by atoms with van der Waals surface area (Å²) in [5, 5.41) is 2.35. The molecule has 0 radical (unpaired) electrons. The van der Waals surface area contributed by atoms with Crippen LogP contribution in [0, 0.1) is 17.7 Å². The molecule has 0 aromatic heterocycles. The first-order chi connectivity index (χ1) is 9.40. The number of carbonyl (C=O) groups is 2. The maximum Gasteiger partial charge on any atom is 0.230 e. The summed E-state index contributed by atoms with van der Waals surface area (Å²) in [7, 11) is 0. The van der Waals surface area contributed by atoms with Gasteiger partial charge >= 0.3 is 0 Å². The van der Waals surface area contributed by atoms with Crippen LogP contribution in [0.3, 0.4) is 0 Å². The highest BCUT2D eigenvalue weighted by Crippen LogP contribution is 2.37. The van der Waals surface area contributed by atoms with E-state index in [-0.39, 0.29) is 29.2 Å². The maximum atomic E-state index is 14.2. The van der Waals surface area contributed by atoms with Crippen molar-refractivity contribution in [3.8, 4) is 0 Å². The molecule has 0 aliphatic carbocycles. The van der Waals surface area contributed by atoms with E-state index in [0.717, 1.165) is 0 Å². The monoisotopic (exact) mass is 297 g/mol. The molecule has 1 fully saturated rings. The van der Waals surface area contributed by atoms with Crippen molar-refractivity contribution in [2.75, 3.05) is 0 Å². The minimum atomic E-state index is -0.532. The summed E-state index contributed by atoms with van der Waals surface area (Å²) in [5.74, 6) is -1.78. The van der Waals surface area contributed by atoms with Gasteiger partial charge in [0, 0.05) is 18.3 Å². The molecule has 2 rings (SSSR count). The normalized spacial score (nSPS) is 23.1. The fourth-order valence-electron chi connectivity index (χ4n) is 2.72. The second-order valence-corrected chi connectivity index (χ2v) is 6.01. The molecule has 2 unspecified atom stereocenters. The first-order valence-corrected chi connectivity index (χ1v) is 7.05. The highest BCUT2D eigenvalue weighted by molar-refractivity contribution is 6.30. The van der Waals surface area contributed by atoms with Crippen LogP contribution in [0.2, 0.25) is 5.02 Å². The van der Waals surface area contributed by atoms with Crippen LogP contribution in [0.4, 0.5) is 4.39 Å². The lowest BCUT2D eigenvalue weighted by Gasteiger charge is -2.31. The van der Waals surface area contributed by atoms with Crippen LogP contribution >= 0.6 is 11.6 Å². The Bertz CT molecular complexity index is 545. The van der Waals surface area contributed by atoms with Crippen LogP contribution in [0.5, 0.6) is 0 Å². The van der Waals surface area contributed by atoms with E-state index in [0.29, 0.717) is 12.0 Å². The molecule has 1 N–H and O–H groups in total. The van der Waals surface area contributed by atoms with Gasteiger partial charge in [0.2, 0.25) is 11.8 Å². The molecule has 1 aliphatic heterocycles. The number of amides is 2. The Morgan fingerprint density at radius 3 is 2.75 bits per heavy atom. The number of rotatable bonds is 3. The van der Waals surface area contributed by atoms with Gasteiger partial charge in [-0.25, -0.2) is 4.39 Å². The second kappa shape index (κ2) is 5.92. The van der Waals surface area contributed by atoms with Gasteiger partial charge in [0.15, 0.2) is 0 Å². The van der Waals surface area contributed by atoms with Crippen molar-refractivity contribution in [1.29, 1.82) is 0 Å². The Morgan fingerprint density at radius 2 is 2.10 bits per heavy atom. The summed E-state index contributed by atoms with van der Waals surface area (Å²) in [6, 6.07) is 4.71. The number of carbonyl (C=O) groups excluding carboxylic acids is 2. The summed E-state index contributed by atoms with van der Waals surface area (Å²) < 4.78 is 14.2. The Morgan fingerprint density at radius 1 is 1.40 bits per heavy atom. The Labute approximate surface area is 122 Å². The van der Waals surface area contributed by atoms with Crippen LogP contribution in [0.15, 0.2) is 18.2 Å². The van der Waals surface area contributed by atoms with Gasteiger partial charge in [-0.05, 0) is 24.0 Å². The smallest absolute Gasteiger partial charge is 0.230 e. The molecule has 2 atom stereocenters. The molecule has 1 aliphatic rings. The second-order valence-electron chi connectivity index (χ2n) is 5.60. The predicted molar refractivity (Wildman–Crippen MR) is 74.9 cm³/mol. The minimum absolute atomic E-state index is 0.0178. The molecule has 2 amide bonds. The standard InChI is InChI=1S/C15H17ClFNO2/c1-8(2)6-11-10(7-13(19)18-15(11)20)9-4-3-5-12(16)14(9)17/h3-5,8,10-11H,6-7H2,1-2H3,(H,18,19,20). The van der Waals surface area contributed by atoms with Crippen molar-refractivity contribution < 1.29 is 14.0 Å². The molecule has 108 valence electrons. The molecule has 1 aromatic carbocycles. The lowest BCUT2D eigenvalue weighted by Crippen LogP contribution is -2.45. The van der Waals surface area contributed by atoms with E-state index in [1.54, 1.807) is 12.1 Å². The molecule has 1 heterocycles. The Balaban J connectivity index is 2.40. The number of hydrogen-bond acceptors (Lipinski definition) is 2. The van der Waals surface area contributed by atoms with Crippen LogP contribution < -0.4 is 5.32 Å². The Hall–Kier alpha value is -1.42. The summed E-state index contributed by atoms with van der Waals surface area (Å²) in [4.78, 5) is 23.6. The minimum Gasteiger partial charge on any atom is -0.296 e. The van der Waals surface area contributed by atoms with E-state index < -0.39 is 17.7 Å². The summed E-state index contributed by atoms with van der Waals surface area (Å²) in [6.07, 6.45) is 0.718. The molecule has 3 nitrogen and oxygen atoms in total. The van der Waals surface area contributed by atoms with Crippen molar-refractivity contribution in [2.45, 2.75) is 32.6 Å². The zero-order valence-electron chi connectivity index (χ0n) is 11.5. The van der Waals surface area contributed by atoms with Crippen LogP contribution in [-0.2, 0) is 9.59 Å². The molecule has 1 aromatic rings. The van der Waals surface area contributed by atoms with Crippen LogP contribution in [-0.4, -0.2) is 11.8 Å². The van der Waals surface area contributed by atoms with Gasteiger partial charge in [-0.1, -0.05) is 37.6 Å². The summed E-state index contributed by atoms with van der Waals surface area (Å²) in [6.45, 7) is 3.99. The lowest BCUT2D eigenvalue weighted by atomic mass is 9.76. The van der Waals surface area contributed by atoms with Gasteiger partial charge in [0.1, 0.15) is 5.82 Å². The number of piperidine rings is 1. The van der Waals surface area contributed by atoms with Gasteiger partial charge in [-0.3, -0.25) is 14.9 Å². The van der Waals surface area contributed by atoms with Gasteiger partial charge in [0.05, 0.1) is 5.02 Å². The van der Waals surface area contributed by atoms with Crippen molar-refractivity contribution >= 4 is 23.4 Å². The lowest BCUT2D eigenvalue weighted by molar-refractivity contribution is -0.137. The molecule has 0 bridgehead atoms. The highest BCUT2D eigenvalue weighted by Gasteiger charge is 2.38. The van der Waals surface area contributed by atoms with Crippen molar-refractivity contribution in [3.05, 3.63) is 34.6 Å². The van der Waals surface area contributed by atoms with Crippen LogP contribution in [0.1, 0.15) is 38.2 Å². The number of halogens is 2. The van der Waals surface area contributed by atoms with E-state index in [9.17, 15) is 14.0 Å². The van der Waals surface area contributed by atoms with Gasteiger partial charge in [0.25, 0.3) is 0 Å². The average molecular weight is 298 g/mol. The molecule has 5 heteroatoms. The van der Waals surface area contributed by atoms with E-state index in [2.05, 4.69) is 5.32 Å². The molecule has 1 saturated heterocycles. The van der Waals surface area contributed by atoms with E-state index in [4.69, 9.17) is 11.6 Å². The van der Waals surface area contributed by atoms with Gasteiger partial charge in [-0.2, -0.15) is 0 Å². The summed E-state index contributed by atoms with van der Waals surface area (Å²) in [5.41, 5.74) is 0.353. The van der Waals surface area contributed by atoms with Crippen molar-refractivity contribution in [2.24, 2.45) is 11.8 Å². The molecule has 0 saturated carbocycles. The average Bonchev–Trinajstić information content (AvgIpc) is 2.35. The third-order valence-electron chi connectivity index (χ3n) is 3.60. The maximum absolute atomic E-state index is 14.2. The fourth-order valence-corrected chi connectivity index (χ4v) is 2.90. The Kier molecular flexibility index (Phi) is 4.43. The highest BCUT2D eigenvalue weighted by atomic mass is 35.5.